The fraction of sp³-hybridized carbons (Fsp3) is 0.200. The maximum atomic E-state index is 12.7. The first-order chi connectivity index (χ1) is 18.4. The molecule has 0 aromatic heterocycles. The summed E-state index contributed by atoms with van der Waals surface area (Å²) >= 11 is 3.44. The first-order valence-electron chi connectivity index (χ1n) is 12.2. The smallest absolute Gasteiger partial charge is 0.344 e. The average Bonchev–Trinajstić information content (AvgIpc) is 3.18. The van der Waals surface area contributed by atoms with Crippen LogP contribution >= 0.6 is 34.4 Å². The molecule has 1 aliphatic heterocycles. The lowest BCUT2D eigenvalue weighted by Gasteiger charge is -2.15. The Labute approximate surface area is 240 Å². The van der Waals surface area contributed by atoms with Gasteiger partial charge >= 0.3 is 5.97 Å². The van der Waals surface area contributed by atoms with Gasteiger partial charge in [0.1, 0.15) is 23.0 Å². The predicted molar refractivity (Wildman–Crippen MR) is 161 cm³/mol. The molecule has 0 radical (unpaired) electrons. The van der Waals surface area contributed by atoms with E-state index < -0.39 is 5.97 Å². The number of nitrogens with zero attached hydrogens (tertiary/aromatic N) is 1. The molecular formula is C30H28INO5S. The molecule has 0 amide bonds. The van der Waals surface area contributed by atoms with Crippen molar-refractivity contribution in [1.29, 1.82) is 0 Å². The second-order valence-corrected chi connectivity index (χ2v) is 10.5. The van der Waals surface area contributed by atoms with Gasteiger partial charge in [-0.05, 0) is 84.8 Å². The highest BCUT2D eigenvalue weighted by molar-refractivity contribution is 14.1. The summed E-state index contributed by atoms with van der Waals surface area (Å²) < 4.78 is 18.2. The number of carbonyl (C=O) groups is 1. The van der Waals surface area contributed by atoms with Gasteiger partial charge in [0.15, 0.2) is 11.5 Å². The number of halogens is 1. The molecule has 6 nitrogen and oxygen atoms in total. The van der Waals surface area contributed by atoms with E-state index in [1.807, 2.05) is 67.6 Å². The number of esters is 1. The van der Waals surface area contributed by atoms with Gasteiger partial charge in [-0.25, -0.2) is 9.79 Å². The van der Waals surface area contributed by atoms with E-state index in [9.17, 15) is 9.90 Å². The van der Waals surface area contributed by atoms with Gasteiger partial charge < -0.3 is 19.3 Å². The fourth-order valence-electron chi connectivity index (χ4n) is 3.79. The van der Waals surface area contributed by atoms with E-state index in [2.05, 4.69) is 46.6 Å². The Balaban J connectivity index is 1.68. The lowest BCUT2D eigenvalue weighted by molar-refractivity contribution is -0.138. The number of aliphatic hydroxyl groups excluding tert-OH is 1. The molecule has 3 aromatic rings. The number of ether oxygens (including phenoxy) is 3. The van der Waals surface area contributed by atoms with Gasteiger partial charge in [-0.1, -0.05) is 59.8 Å². The number of hydrogen-bond acceptors (Lipinski definition) is 7. The minimum atomic E-state index is -0.611. The van der Waals surface area contributed by atoms with Crippen LogP contribution in [0.25, 0.3) is 6.08 Å². The Bertz CT molecular complexity index is 1420. The van der Waals surface area contributed by atoms with Crippen molar-refractivity contribution in [3.8, 4) is 11.5 Å². The molecule has 0 spiro atoms. The van der Waals surface area contributed by atoms with Crippen molar-refractivity contribution in [2.45, 2.75) is 27.4 Å². The number of aryl methyl sites for hydroxylation is 1. The largest absolute Gasteiger partial charge is 0.506 e. The van der Waals surface area contributed by atoms with Crippen LogP contribution in [-0.2, 0) is 16.1 Å². The summed E-state index contributed by atoms with van der Waals surface area (Å²) in [5.74, 6) is 0.499. The maximum absolute atomic E-state index is 12.7. The quantitative estimate of drug-likeness (QED) is 0.190. The predicted octanol–water partition coefficient (Wildman–Crippen LogP) is 7.77. The van der Waals surface area contributed by atoms with Crippen LogP contribution in [0.3, 0.4) is 0 Å². The summed E-state index contributed by atoms with van der Waals surface area (Å²) in [6.45, 7) is 6.77. The lowest BCUT2D eigenvalue weighted by Crippen LogP contribution is -2.12. The number of para-hydroxylation sites is 1. The molecule has 3 aromatic carbocycles. The standard InChI is InChI=1S/C30H28INO5S/c1-4-35-24-16-21(15-23(31)28(24)37-18-20-11-9-10-19(3)14-20)17-25-27(33)26(30(34)36-5-2)29(38-25)32-22-12-7-6-8-13-22/h6-17,33H,4-5,18H2,1-3H3/b25-17-,32-29?. The first kappa shape index (κ1) is 27.8. The zero-order chi connectivity index (χ0) is 27.1. The minimum Gasteiger partial charge on any atom is -0.506 e. The van der Waals surface area contributed by atoms with Crippen LogP contribution in [0.5, 0.6) is 11.5 Å². The summed E-state index contributed by atoms with van der Waals surface area (Å²) in [6, 6.07) is 21.3. The van der Waals surface area contributed by atoms with Gasteiger partial charge in [0.25, 0.3) is 0 Å². The summed E-state index contributed by atoms with van der Waals surface area (Å²) in [6.07, 6.45) is 1.81. The van der Waals surface area contributed by atoms with Gasteiger partial charge in [0, 0.05) is 0 Å². The Morgan fingerprint density at radius 2 is 1.82 bits per heavy atom. The zero-order valence-electron chi connectivity index (χ0n) is 21.4. The number of aliphatic imine (C=N–C) groups is 1. The van der Waals surface area contributed by atoms with E-state index in [1.165, 1.54) is 17.3 Å². The Morgan fingerprint density at radius 1 is 1.03 bits per heavy atom. The number of hydrogen-bond donors (Lipinski definition) is 1. The van der Waals surface area contributed by atoms with Gasteiger partial charge in [-0.2, -0.15) is 0 Å². The molecular weight excluding hydrogens is 613 g/mol. The van der Waals surface area contributed by atoms with Crippen LogP contribution in [0.1, 0.15) is 30.5 Å². The summed E-state index contributed by atoms with van der Waals surface area (Å²) in [4.78, 5) is 17.8. The summed E-state index contributed by atoms with van der Waals surface area (Å²) in [5, 5.41) is 11.4. The second kappa shape index (κ2) is 13.0. The van der Waals surface area contributed by atoms with Gasteiger partial charge in [0.2, 0.25) is 0 Å². The molecule has 38 heavy (non-hydrogen) atoms. The normalized spacial score (nSPS) is 15.3. The van der Waals surface area contributed by atoms with Crippen molar-refractivity contribution in [2.24, 2.45) is 4.99 Å². The number of benzene rings is 3. The van der Waals surface area contributed by atoms with E-state index >= 15 is 0 Å². The van der Waals surface area contributed by atoms with Crippen molar-refractivity contribution in [3.05, 3.63) is 103 Å². The highest BCUT2D eigenvalue weighted by atomic mass is 127. The van der Waals surface area contributed by atoms with Gasteiger partial charge in [0.05, 0.1) is 27.4 Å². The van der Waals surface area contributed by atoms with E-state index in [0.717, 1.165) is 14.7 Å². The summed E-state index contributed by atoms with van der Waals surface area (Å²) in [5.41, 5.74) is 3.77. The van der Waals surface area contributed by atoms with Crippen molar-refractivity contribution in [1.82, 2.24) is 0 Å². The third-order valence-electron chi connectivity index (χ3n) is 5.45. The number of carbonyl (C=O) groups excluding carboxylic acids is 1. The SMILES string of the molecule is CCOC(=O)C1=C(O)/C(=C/c2cc(I)c(OCc3cccc(C)c3)c(OCC)c2)SC1=Nc1ccccc1. The molecule has 0 atom stereocenters. The van der Waals surface area contributed by atoms with Gasteiger partial charge in [-0.3, -0.25) is 0 Å². The second-order valence-electron chi connectivity index (χ2n) is 8.35. The average molecular weight is 642 g/mol. The van der Waals surface area contributed by atoms with Crippen molar-refractivity contribution in [2.75, 3.05) is 13.2 Å². The first-order valence-corrected chi connectivity index (χ1v) is 14.1. The van der Waals surface area contributed by atoms with Crippen molar-refractivity contribution < 1.29 is 24.1 Å². The van der Waals surface area contributed by atoms with Gasteiger partial charge in [-0.15, -0.1) is 0 Å². The topological polar surface area (TPSA) is 77.4 Å². The van der Waals surface area contributed by atoms with Crippen LogP contribution in [0.15, 0.2) is 88.0 Å². The monoisotopic (exact) mass is 641 g/mol. The van der Waals surface area contributed by atoms with E-state index in [0.29, 0.717) is 40.3 Å². The number of aliphatic hydroxyl groups is 1. The molecule has 0 fully saturated rings. The van der Waals surface area contributed by atoms with Crippen LogP contribution in [0.4, 0.5) is 5.69 Å². The third kappa shape index (κ3) is 6.79. The number of thioether (sulfide) groups is 1. The molecule has 0 saturated heterocycles. The lowest BCUT2D eigenvalue weighted by atomic mass is 10.1. The maximum Gasteiger partial charge on any atom is 0.344 e. The zero-order valence-corrected chi connectivity index (χ0v) is 24.3. The molecule has 4 rings (SSSR count). The molecule has 1 aliphatic rings. The van der Waals surface area contributed by atoms with E-state index in [4.69, 9.17) is 14.2 Å². The van der Waals surface area contributed by atoms with Crippen molar-refractivity contribution in [3.63, 3.8) is 0 Å². The van der Waals surface area contributed by atoms with Crippen LogP contribution in [-0.4, -0.2) is 29.3 Å². The van der Waals surface area contributed by atoms with Crippen LogP contribution < -0.4 is 9.47 Å². The molecule has 0 unspecified atom stereocenters. The highest BCUT2D eigenvalue weighted by Crippen LogP contribution is 2.42. The fourth-order valence-corrected chi connectivity index (χ4v) is 5.61. The third-order valence-corrected chi connectivity index (χ3v) is 7.27. The molecule has 1 heterocycles. The summed E-state index contributed by atoms with van der Waals surface area (Å²) in [7, 11) is 0. The van der Waals surface area contributed by atoms with Crippen molar-refractivity contribution >= 4 is 57.1 Å². The minimum absolute atomic E-state index is 0.0600. The molecule has 0 aliphatic carbocycles. The van der Waals surface area contributed by atoms with Crippen LogP contribution in [0.2, 0.25) is 0 Å². The molecule has 196 valence electrons. The molecule has 1 N–H and O–H groups in total. The van der Waals surface area contributed by atoms with E-state index in [-0.39, 0.29) is 17.9 Å². The highest BCUT2D eigenvalue weighted by Gasteiger charge is 2.33. The van der Waals surface area contributed by atoms with Crippen LogP contribution in [0, 0.1) is 10.5 Å². The Kier molecular flexibility index (Phi) is 9.52. The number of rotatable bonds is 9. The Hall–Kier alpha value is -3.24. The van der Waals surface area contributed by atoms with E-state index in [1.54, 1.807) is 6.92 Å². The molecule has 0 saturated carbocycles. The molecule has 8 heteroatoms. The molecule has 0 bridgehead atoms. The Morgan fingerprint density at radius 3 is 2.53 bits per heavy atom.